The van der Waals surface area contributed by atoms with E-state index in [1.54, 1.807) is 45.3 Å². The zero-order valence-electron chi connectivity index (χ0n) is 14.7. The fourth-order valence-electron chi connectivity index (χ4n) is 2.22. The second-order valence-electron chi connectivity index (χ2n) is 6.69. The molecule has 0 aliphatic heterocycles. The Morgan fingerprint density at radius 1 is 1.04 bits per heavy atom. The zero-order valence-corrected chi connectivity index (χ0v) is 14.7. The lowest BCUT2D eigenvalue weighted by molar-refractivity contribution is 0.00694. The van der Waals surface area contributed by atoms with Gasteiger partial charge in [0.2, 0.25) is 5.95 Å². The molecule has 0 saturated carbocycles. The van der Waals surface area contributed by atoms with Crippen molar-refractivity contribution in [1.82, 2.24) is 19.7 Å². The second kappa shape index (κ2) is 6.87. The van der Waals surface area contributed by atoms with E-state index in [1.807, 2.05) is 12.1 Å². The van der Waals surface area contributed by atoms with Crippen LogP contribution in [-0.2, 0) is 4.74 Å². The molecule has 0 bridgehead atoms. The molecule has 2 aromatic heterocycles. The first-order chi connectivity index (χ1) is 12.4. The van der Waals surface area contributed by atoms with Crippen molar-refractivity contribution in [2.24, 2.45) is 0 Å². The molecule has 0 N–H and O–H groups in total. The molecule has 2 heterocycles. The second-order valence-corrected chi connectivity index (χ2v) is 6.69. The molecule has 0 atom stereocenters. The van der Waals surface area contributed by atoms with Crippen LogP contribution in [0.2, 0.25) is 0 Å². The van der Waals surface area contributed by atoms with Gasteiger partial charge in [-0.1, -0.05) is 24.3 Å². The number of aldehydes is 1. The van der Waals surface area contributed by atoms with Crippen LogP contribution in [0, 0.1) is 0 Å². The largest absolute Gasteiger partial charge is 0.456 e. The van der Waals surface area contributed by atoms with E-state index in [1.165, 1.54) is 17.1 Å². The quantitative estimate of drug-likeness (QED) is 0.531. The van der Waals surface area contributed by atoms with Crippen molar-refractivity contribution in [3.05, 3.63) is 60.2 Å². The first kappa shape index (κ1) is 17.5. The fourth-order valence-corrected chi connectivity index (χ4v) is 2.22. The van der Waals surface area contributed by atoms with Crippen molar-refractivity contribution in [3.63, 3.8) is 0 Å². The standard InChI is InChI=1S/C19H18N4O3/c1-19(2,3)26-17(25)16-10-22-23(11-16)18-20-8-15(9-21-18)14-6-4-13(12-24)5-7-14/h4-12H,1-3H3. The monoisotopic (exact) mass is 350 g/mol. The zero-order chi connectivity index (χ0) is 18.7. The highest BCUT2D eigenvalue weighted by Crippen LogP contribution is 2.18. The molecule has 3 rings (SSSR count). The summed E-state index contributed by atoms with van der Waals surface area (Å²) in [7, 11) is 0. The van der Waals surface area contributed by atoms with Gasteiger partial charge in [0.15, 0.2) is 0 Å². The Balaban J connectivity index is 1.78. The summed E-state index contributed by atoms with van der Waals surface area (Å²) in [6.07, 6.45) is 7.06. The number of hydrogen-bond acceptors (Lipinski definition) is 6. The van der Waals surface area contributed by atoms with Crippen LogP contribution in [-0.4, -0.2) is 37.6 Å². The number of aromatic nitrogens is 4. The normalized spacial score (nSPS) is 11.2. The van der Waals surface area contributed by atoms with Crippen LogP contribution < -0.4 is 0 Å². The summed E-state index contributed by atoms with van der Waals surface area (Å²) >= 11 is 0. The number of ether oxygens (including phenoxy) is 1. The molecule has 0 unspecified atom stereocenters. The molecular formula is C19H18N4O3. The number of rotatable bonds is 4. The molecule has 0 saturated heterocycles. The van der Waals surface area contributed by atoms with Gasteiger partial charge in [-0.2, -0.15) is 5.10 Å². The molecule has 7 heteroatoms. The van der Waals surface area contributed by atoms with E-state index in [9.17, 15) is 9.59 Å². The van der Waals surface area contributed by atoms with Crippen molar-refractivity contribution in [2.45, 2.75) is 26.4 Å². The molecule has 26 heavy (non-hydrogen) atoms. The molecule has 7 nitrogen and oxygen atoms in total. The predicted octanol–water partition coefficient (Wildman–Crippen LogP) is 3.10. The minimum absolute atomic E-state index is 0.331. The van der Waals surface area contributed by atoms with Gasteiger partial charge >= 0.3 is 5.97 Å². The van der Waals surface area contributed by atoms with Crippen LogP contribution in [0.1, 0.15) is 41.5 Å². The first-order valence-electron chi connectivity index (χ1n) is 8.02. The van der Waals surface area contributed by atoms with Crippen molar-refractivity contribution in [2.75, 3.05) is 0 Å². The number of esters is 1. The van der Waals surface area contributed by atoms with Crippen LogP contribution in [0.15, 0.2) is 49.1 Å². The van der Waals surface area contributed by atoms with Crippen molar-refractivity contribution in [3.8, 4) is 17.1 Å². The third-order valence-corrected chi connectivity index (χ3v) is 3.44. The highest BCUT2D eigenvalue weighted by molar-refractivity contribution is 5.89. The van der Waals surface area contributed by atoms with Gasteiger partial charge < -0.3 is 4.74 Å². The summed E-state index contributed by atoms with van der Waals surface area (Å²) in [5, 5.41) is 4.11. The lowest BCUT2D eigenvalue weighted by Gasteiger charge is -2.18. The van der Waals surface area contributed by atoms with E-state index in [4.69, 9.17) is 4.74 Å². The van der Waals surface area contributed by atoms with Gasteiger partial charge in [-0.05, 0) is 26.3 Å². The van der Waals surface area contributed by atoms with Gasteiger partial charge in [0.25, 0.3) is 0 Å². The van der Waals surface area contributed by atoms with Crippen LogP contribution in [0.5, 0.6) is 0 Å². The maximum absolute atomic E-state index is 12.1. The summed E-state index contributed by atoms with van der Waals surface area (Å²) in [5.74, 6) is -0.108. The molecule has 0 spiro atoms. The Morgan fingerprint density at radius 3 is 2.27 bits per heavy atom. The summed E-state index contributed by atoms with van der Waals surface area (Å²) in [5.41, 5.74) is 2.08. The van der Waals surface area contributed by atoms with E-state index in [-0.39, 0.29) is 0 Å². The highest BCUT2D eigenvalue weighted by atomic mass is 16.6. The highest BCUT2D eigenvalue weighted by Gasteiger charge is 2.19. The van der Waals surface area contributed by atoms with E-state index < -0.39 is 11.6 Å². The first-order valence-corrected chi connectivity index (χ1v) is 8.02. The van der Waals surface area contributed by atoms with Gasteiger partial charge in [0.05, 0.1) is 11.8 Å². The minimum Gasteiger partial charge on any atom is -0.456 e. The minimum atomic E-state index is -0.573. The van der Waals surface area contributed by atoms with Crippen molar-refractivity contribution < 1.29 is 14.3 Å². The predicted molar refractivity (Wildman–Crippen MR) is 95.1 cm³/mol. The molecule has 3 aromatic rings. The lowest BCUT2D eigenvalue weighted by atomic mass is 10.1. The Bertz CT molecular complexity index is 923. The van der Waals surface area contributed by atoms with E-state index in [0.29, 0.717) is 17.1 Å². The van der Waals surface area contributed by atoms with E-state index >= 15 is 0 Å². The maximum atomic E-state index is 12.1. The molecular weight excluding hydrogens is 332 g/mol. The number of benzene rings is 1. The summed E-state index contributed by atoms with van der Waals surface area (Å²) < 4.78 is 6.73. The topological polar surface area (TPSA) is 87.0 Å². The summed E-state index contributed by atoms with van der Waals surface area (Å²) in [4.78, 5) is 31.3. The van der Waals surface area contributed by atoms with Crippen molar-refractivity contribution >= 4 is 12.3 Å². The van der Waals surface area contributed by atoms with E-state index in [0.717, 1.165) is 17.4 Å². The van der Waals surface area contributed by atoms with Crippen LogP contribution >= 0.6 is 0 Å². The molecule has 132 valence electrons. The van der Waals surface area contributed by atoms with Crippen LogP contribution in [0.3, 0.4) is 0 Å². The van der Waals surface area contributed by atoms with Crippen molar-refractivity contribution in [1.29, 1.82) is 0 Å². The molecule has 1 aromatic carbocycles. The Kier molecular flexibility index (Phi) is 4.62. The maximum Gasteiger partial charge on any atom is 0.341 e. The number of carbonyl (C=O) groups excluding carboxylic acids is 2. The molecule has 0 aliphatic carbocycles. The molecule has 0 radical (unpaired) electrons. The fraction of sp³-hybridized carbons (Fsp3) is 0.211. The third-order valence-electron chi connectivity index (χ3n) is 3.44. The Labute approximate surface area is 150 Å². The average molecular weight is 350 g/mol. The van der Waals surface area contributed by atoms with Gasteiger partial charge in [-0.25, -0.2) is 19.4 Å². The summed E-state index contributed by atoms with van der Waals surface area (Å²) in [6.45, 7) is 5.41. The van der Waals surface area contributed by atoms with Crippen LogP contribution in [0.4, 0.5) is 0 Å². The molecule has 0 fully saturated rings. The molecule has 0 amide bonds. The smallest absolute Gasteiger partial charge is 0.341 e. The van der Waals surface area contributed by atoms with Gasteiger partial charge in [-0.3, -0.25) is 4.79 Å². The lowest BCUT2D eigenvalue weighted by Crippen LogP contribution is -2.23. The van der Waals surface area contributed by atoms with Gasteiger partial charge in [0.1, 0.15) is 11.9 Å². The van der Waals surface area contributed by atoms with E-state index in [2.05, 4.69) is 15.1 Å². The average Bonchev–Trinajstić information content (AvgIpc) is 3.11. The third kappa shape index (κ3) is 4.00. The van der Waals surface area contributed by atoms with Crippen LogP contribution in [0.25, 0.3) is 17.1 Å². The Morgan fingerprint density at radius 2 is 1.69 bits per heavy atom. The Hall–Kier alpha value is -3.35. The van der Waals surface area contributed by atoms with Gasteiger partial charge in [-0.15, -0.1) is 0 Å². The number of carbonyl (C=O) groups is 2. The number of hydrogen-bond donors (Lipinski definition) is 0. The van der Waals surface area contributed by atoms with Gasteiger partial charge in [0, 0.05) is 29.7 Å². The molecule has 0 aliphatic rings. The SMILES string of the molecule is CC(C)(C)OC(=O)c1cnn(-c2ncc(-c3ccc(C=O)cc3)cn2)c1. The summed E-state index contributed by atoms with van der Waals surface area (Å²) in [6, 6.07) is 7.13. The number of nitrogens with zero attached hydrogens (tertiary/aromatic N) is 4.